The molecule has 0 spiro atoms. The Bertz CT molecular complexity index is 739. The molecule has 114 valence electrons. The Kier molecular flexibility index (Phi) is 5.32. The fraction of sp³-hybridized carbons (Fsp3) is 0.250. The largest absolute Gasteiger partial charge is 0.276 e. The molecule has 0 saturated carbocycles. The van der Waals surface area contributed by atoms with Gasteiger partial charge in [-0.2, -0.15) is 5.10 Å². The van der Waals surface area contributed by atoms with Crippen LogP contribution in [0.1, 0.15) is 5.56 Å². The Balaban J connectivity index is 2.12. The van der Waals surface area contributed by atoms with Gasteiger partial charge in [-0.25, -0.2) is 13.1 Å². The van der Waals surface area contributed by atoms with Crippen LogP contribution in [0.3, 0.4) is 0 Å². The fourth-order valence-electron chi connectivity index (χ4n) is 1.79. The lowest BCUT2D eigenvalue weighted by Crippen LogP contribution is -2.26. The Labute approximate surface area is 141 Å². The molecule has 0 aliphatic heterocycles. The van der Waals surface area contributed by atoms with Crippen LogP contribution in [-0.4, -0.2) is 24.7 Å². The van der Waals surface area contributed by atoms with E-state index in [0.717, 1.165) is 5.56 Å². The number of aryl methyl sites for hydroxylation is 1. The Hall–Kier alpha value is -0.600. The van der Waals surface area contributed by atoms with Crippen LogP contribution in [-0.2, 0) is 23.5 Å². The molecule has 2 rings (SSSR count). The van der Waals surface area contributed by atoms with Crippen LogP contribution in [0.5, 0.6) is 0 Å². The number of benzene rings is 1. The second-order valence-electron chi connectivity index (χ2n) is 4.37. The number of halogens is 3. The maximum Gasteiger partial charge on any atom is 0.243 e. The molecule has 0 saturated heterocycles. The first-order chi connectivity index (χ1) is 9.79. The van der Waals surface area contributed by atoms with Crippen molar-refractivity contribution < 1.29 is 8.42 Å². The van der Waals surface area contributed by atoms with Gasteiger partial charge in [-0.1, -0.05) is 39.1 Å². The average molecular weight is 413 g/mol. The van der Waals surface area contributed by atoms with Crippen molar-refractivity contribution in [2.45, 2.75) is 11.3 Å². The van der Waals surface area contributed by atoms with Gasteiger partial charge in [0, 0.05) is 24.3 Å². The van der Waals surface area contributed by atoms with E-state index >= 15 is 0 Å². The minimum atomic E-state index is -3.76. The number of nitrogens with one attached hydrogen (secondary N) is 1. The van der Waals surface area contributed by atoms with Gasteiger partial charge in [-0.05, 0) is 24.1 Å². The first kappa shape index (κ1) is 16.8. The molecule has 1 aromatic heterocycles. The minimum Gasteiger partial charge on any atom is -0.276 e. The van der Waals surface area contributed by atoms with Crippen molar-refractivity contribution in [1.29, 1.82) is 0 Å². The molecule has 0 bridgehead atoms. The summed E-state index contributed by atoms with van der Waals surface area (Å²) < 4.78 is 29.3. The normalized spacial score (nSPS) is 11.8. The fourth-order valence-corrected chi connectivity index (χ4v) is 4.75. The Morgan fingerprint density at radius 1 is 1.33 bits per heavy atom. The predicted molar refractivity (Wildman–Crippen MR) is 86.3 cm³/mol. The number of hydrogen-bond acceptors (Lipinski definition) is 3. The molecule has 1 aromatic carbocycles. The van der Waals surface area contributed by atoms with Gasteiger partial charge in [0.1, 0.15) is 4.90 Å². The molecule has 0 fully saturated rings. The van der Waals surface area contributed by atoms with Gasteiger partial charge in [-0.3, -0.25) is 4.68 Å². The molecular weight excluding hydrogens is 401 g/mol. The minimum absolute atomic E-state index is 0.0725. The summed E-state index contributed by atoms with van der Waals surface area (Å²) in [5.74, 6) is 0. The molecule has 1 N–H and O–H groups in total. The van der Waals surface area contributed by atoms with Crippen LogP contribution in [0.15, 0.2) is 33.9 Å². The van der Waals surface area contributed by atoms with Crippen molar-refractivity contribution in [1.82, 2.24) is 14.5 Å². The number of aromatic nitrogens is 2. The summed E-state index contributed by atoms with van der Waals surface area (Å²) in [4.78, 5) is -0.111. The van der Waals surface area contributed by atoms with Gasteiger partial charge in [0.05, 0.1) is 16.2 Å². The molecule has 0 radical (unpaired) electrons. The Morgan fingerprint density at radius 3 is 2.48 bits per heavy atom. The maximum atomic E-state index is 12.3. The van der Waals surface area contributed by atoms with E-state index in [0.29, 0.717) is 10.9 Å². The van der Waals surface area contributed by atoms with Gasteiger partial charge < -0.3 is 0 Å². The number of rotatable bonds is 5. The number of sulfonamides is 1. The SMILES string of the molecule is Cn1cc(CCNS(=O)(=O)c2c(Cl)cc(Br)cc2Cl)cn1. The molecule has 5 nitrogen and oxygen atoms in total. The molecule has 1 heterocycles. The third-order valence-corrected chi connectivity index (χ3v) is 5.54. The van der Waals surface area contributed by atoms with Crippen molar-refractivity contribution >= 4 is 49.2 Å². The van der Waals surface area contributed by atoms with Gasteiger partial charge in [0.2, 0.25) is 10.0 Å². The van der Waals surface area contributed by atoms with E-state index in [1.165, 1.54) is 12.1 Å². The Morgan fingerprint density at radius 2 is 1.95 bits per heavy atom. The number of nitrogens with zero attached hydrogens (tertiary/aromatic N) is 2. The highest BCUT2D eigenvalue weighted by Gasteiger charge is 2.22. The van der Waals surface area contributed by atoms with Gasteiger partial charge in [0.15, 0.2) is 0 Å². The van der Waals surface area contributed by atoms with Crippen LogP contribution in [0.4, 0.5) is 0 Å². The molecule has 0 atom stereocenters. The van der Waals surface area contributed by atoms with E-state index in [1.54, 1.807) is 17.9 Å². The maximum absolute atomic E-state index is 12.3. The first-order valence-corrected chi connectivity index (χ1v) is 8.94. The van der Waals surface area contributed by atoms with E-state index in [-0.39, 0.29) is 21.5 Å². The topological polar surface area (TPSA) is 64.0 Å². The van der Waals surface area contributed by atoms with Crippen molar-refractivity contribution in [3.8, 4) is 0 Å². The van der Waals surface area contributed by atoms with Crippen molar-refractivity contribution in [3.05, 3.63) is 44.6 Å². The molecule has 9 heteroatoms. The van der Waals surface area contributed by atoms with Gasteiger partial charge in [0.25, 0.3) is 0 Å². The van der Waals surface area contributed by atoms with E-state index in [2.05, 4.69) is 25.8 Å². The molecule has 0 amide bonds. The van der Waals surface area contributed by atoms with Crippen LogP contribution in [0.2, 0.25) is 10.0 Å². The van der Waals surface area contributed by atoms with E-state index in [4.69, 9.17) is 23.2 Å². The van der Waals surface area contributed by atoms with Crippen LogP contribution < -0.4 is 4.72 Å². The summed E-state index contributed by atoms with van der Waals surface area (Å²) in [5.41, 5.74) is 0.938. The molecule has 21 heavy (non-hydrogen) atoms. The lowest BCUT2D eigenvalue weighted by Gasteiger charge is -2.10. The molecule has 2 aromatic rings. The third-order valence-electron chi connectivity index (χ3n) is 2.70. The molecule has 0 aliphatic carbocycles. The van der Waals surface area contributed by atoms with Crippen LogP contribution in [0.25, 0.3) is 0 Å². The lowest BCUT2D eigenvalue weighted by molar-refractivity contribution is 0.581. The van der Waals surface area contributed by atoms with E-state index in [1.807, 2.05) is 6.20 Å². The summed E-state index contributed by atoms with van der Waals surface area (Å²) >= 11 is 15.1. The number of hydrogen-bond donors (Lipinski definition) is 1. The average Bonchev–Trinajstić information content (AvgIpc) is 2.72. The second-order valence-corrected chi connectivity index (χ2v) is 7.80. The standard InChI is InChI=1S/C12H12BrCl2N3O2S/c1-18-7-8(6-16-18)2-3-17-21(19,20)12-10(14)4-9(13)5-11(12)15/h4-7,17H,2-3H2,1H3. The van der Waals surface area contributed by atoms with E-state index < -0.39 is 10.0 Å². The summed E-state index contributed by atoms with van der Waals surface area (Å²) in [5, 5.41) is 4.16. The summed E-state index contributed by atoms with van der Waals surface area (Å²) in [6.07, 6.45) is 4.04. The van der Waals surface area contributed by atoms with Crippen LogP contribution in [0, 0.1) is 0 Å². The summed E-state index contributed by atoms with van der Waals surface area (Å²) in [6, 6.07) is 2.98. The molecular formula is C12H12BrCl2N3O2S. The predicted octanol–water partition coefficient (Wildman–Crippen LogP) is 3.01. The van der Waals surface area contributed by atoms with Crippen molar-refractivity contribution in [2.75, 3.05) is 6.54 Å². The summed E-state index contributed by atoms with van der Waals surface area (Å²) in [7, 11) is -1.96. The zero-order valence-electron chi connectivity index (χ0n) is 11.0. The van der Waals surface area contributed by atoms with Gasteiger partial charge in [-0.15, -0.1) is 0 Å². The second kappa shape index (κ2) is 6.66. The third kappa shape index (κ3) is 4.20. The van der Waals surface area contributed by atoms with Crippen molar-refractivity contribution in [2.24, 2.45) is 7.05 Å². The highest BCUT2D eigenvalue weighted by Crippen LogP contribution is 2.32. The highest BCUT2D eigenvalue weighted by atomic mass is 79.9. The lowest BCUT2D eigenvalue weighted by atomic mass is 10.3. The van der Waals surface area contributed by atoms with Crippen molar-refractivity contribution in [3.63, 3.8) is 0 Å². The highest BCUT2D eigenvalue weighted by molar-refractivity contribution is 9.10. The zero-order valence-corrected chi connectivity index (χ0v) is 14.9. The quantitative estimate of drug-likeness (QED) is 0.820. The monoisotopic (exact) mass is 411 g/mol. The smallest absolute Gasteiger partial charge is 0.243 e. The molecule has 0 aliphatic rings. The zero-order chi connectivity index (χ0) is 15.6. The molecule has 0 unspecified atom stereocenters. The van der Waals surface area contributed by atoms with Gasteiger partial charge >= 0.3 is 0 Å². The summed E-state index contributed by atoms with van der Waals surface area (Å²) in [6.45, 7) is 0.233. The van der Waals surface area contributed by atoms with Crippen LogP contribution >= 0.6 is 39.1 Å². The van der Waals surface area contributed by atoms with E-state index in [9.17, 15) is 8.42 Å². The first-order valence-electron chi connectivity index (χ1n) is 5.91.